The monoisotopic (exact) mass is 737 g/mol. The Bertz CT molecular complexity index is 1660. The average molecular weight is 738 g/mol. The molecule has 1 aromatic carbocycles. The molecule has 1 unspecified atom stereocenters. The third kappa shape index (κ3) is 5.96. The standard InChI is InChI=1S/C44H61F2NO6/c1-27(2)31-10-8-28(3)22-35(31)53-39(50)47(20-7-21-52-6)26-43(51)17-14-37-41(43,5)16-13-36-40(4)15-12-30(48)24-42(40)18-19-44(36,37)32(25-42)38(49)29-9-11-33(45)34(46)23-29/h9,11,18-19,23,25,27-28,30-31,35-37,48,51H,7-8,10,12-17,20-22,24,26H2,1-6H3/t28-,30?,31+,35-,36+,37+,40+,41-,42-,43+,44+/m0/s1. The van der Waals surface area contributed by atoms with Crippen molar-refractivity contribution < 1.29 is 38.1 Å². The molecule has 2 N–H and O–H groups in total. The molecule has 1 aromatic rings. The van der Waals surface area contributed by atoms with Gasteiger partial charge in [0.05, 0.1) is 18.2 Å². The zero-order chi connectivity index (χ0) is 38.1. The molecule has 292 valence electrons. The number of benzene rings is 1. The van der Waals surface area contributed by atoms with E-state index < -0.39 is 39.6 Å². The number of nitrogens with zero attached hydrogens (tertiary/aromatic N) is 1. The lowest BCUT2D eigenvalue weighted by Gasteiger charge is -2.71. The van der Waals surface area contributed by atoms with Crippen molar-refractivity contribution in [1.29, 1.82) is 0 Å². The van der Waals surface area contributed by atoms with Gasteiger partial charge >= 0.3 is 6.09 Å². The Balaban J connectivity index is 1.25. The molecule has 53 heavy (non-hydrogen) atoms. The summed E-state index contributed by atoms with van der Waals surface area (Å²) in [7, 11) is 1.64. The number of Topliss-reactive ketones (excluding diaryl/α,β-unsaturated/α-hetero) is 1. The van der Waals surface area contributed by atoms with Gasteiger partial charge in [0, 0.05) is 47.6 Å². The number of ether oxygens (including phenoxy) is 2. The first kappa shape index (κ1) is 38.6. The highest BCUT2D eigenvalue weighted by Crippen LogP contribution is 2.78. The van der Waals surface area contributed by atoms with Crippen molar-refractivity contribution in [3.05, 3.63) is 59.2 Å². The molecule has 4 fully saturated rings. The van der Waals surface area contributed by atoms with Gasteiger partial charge in [-0.3, -0.25) is 4.79 Å². The fourth-order valence-corrected chi connectivity index (χ4v) is 12.8. The van der Waals surface area contributed by atoms with E-state index in [-0.39, 0.29) is 53.3 Å². The minimum Gasteiger partial charge on any atom is -0.446 e. The van der Waals surface area contributed by atoms with Crippen LogP contribution in [0.2, 0.25) is 0 Å². The van der Waals surface area contributed by atoms with Crippen LogP contribution in [0.5, 0.6) is 0 Å². The van der Waals surface area contributed by atoms with E-state index in [9.17, 15) is 28.6 Å². The van der Waals surface area contributed by atoms with Crippen molar-refractivity contribution in [1.82, 2.24) is 4.90 Å². The van der Waals surface area contributed by atoms with E-state index >= 15 is 0 Å². The van der Waals surface area contributed by atoms with Gasteiger partial charge in [0.1, 0.15) is 6.10 Å². The summed E-state index contributed by atoms with van der Waals surface area (Å²) in [5, 5.41) is 24.0. The molecule has 11 atom stereocenters. The van der Waals surface area contributed by atoms with E-state index in [1.165, 1.54) is 6.07 Å². The Hall–Kier alpha value is -2.62. The normalized spacial score (nSPS) is 41.4. The molecule has 0 saturated heterocycles. The Morgan fingerprint density at radius 2 is 1.70 bits per heavy atom. The second-order valence-electron chi connectivity index (χ2n) is 18.8. The molecule has 8 rings (SSSR count). The quantitative estimate of drug-likeness (QED) is 0.142. The first-order valence-corrected chi connectivity index (χ1v) is 20.3. The Kier molecular flexibility index (Phi) is 10.1. The van der Waals surface area contributed by atoms with Gasteiger partial charge in [0.15, 0.2) is 17.4 Å². The van der Waals surface area contributed by atoms with Crippen LogP contribution in [0.25, 0.3) is 0 Å². The second-order valence-corrected chi connectivity index (χ2v) is 18.8. The lowest BCUT2D eigenvalue weighted by molar-refractivity contribution is -0.175. The highest BCUT2D eigenvalue weighted by Gasteiger charge is 2.74. The fraction of sp³-hybridized carbons (Fsp3) is 0.727. The molecule has 0 aromatic heterocycles. The van der Waals surface area contributed by atoms with Gasteiger partial charge in [0.25, 0.3) is 0 Å². The van der Waals surface area contributed by atoms with E-state index in [1.807, 2.05) is 0 Å². The maximum absolute atomic E-state index is 14.7. The number of amides is 1. The van der Waals surface area contributed by atoms with Gasteiger partial charge in [-0.15, -0.1) is 0 Å². The number of rotatable bonds is 10. The predicted molar refractivity (Wildman–Crippen MR) is 199 cm³/mol. The highest BCUT2D eigenvalue weighted by atomic mass is 19.2. The summed E-state index contributed by atoms with van der Waals surface area (Å²) in [5.74, 6) is -1.35. The summed E-state index contributed by atoms with van der Waals surface area (Å²) >= 11 is 0. The number of aliphatic hydroxyl groups is 2. The number of ketones is 1. The number of halogens is 2. The fourth-order valence-electron chi connectivity index (χ4n) is 12.8. The molecular weight excluding hydrogens is 676 g/mol. The lowest BCUT2D eigenvalue weighted by Crippen LogP contribution is -2.67. The number of methoxy groups -OCH3 is 1. The van der Waals surface area contributed by atoms with Crippen LogP contribution in [0.4, 0.5) is 13.6 Å². The molecule has 7 nitrogen and oxygen atoms in total. The number of allylic oxidation sites excluding steroid dienone is 4. The predicted octanol–water partition coefficient (Wildman–Crippen LogP) is 8.67. The molecule has 0 radical (unpaired) electrons. The van der Waals surface area contributed by atoms with Gasteiger partial charge in [-0.1, -0.05) is 59.3 Å². The van der Waals surface area contributed by atoms with Gasteiger partial charge in [-0.05, 0) is 117 Å². The van der Waals surface area contributed by atoms with Crippen LogP contribution in [0.3, 0.4) is 0 Å². The summed E-state index contributed by atoms with van der Waals surface area (Å²) in [6, 6.07) is 3.37. The van der Waals surface area contributed by atoms with E-state index in [4.69, 9.17) is 9.47 Å². The number of carbonyl (C=O) groups excluding carboxylic acids is 2. The Labute approximate surface area is 314 Å². The van der Waals surface area contributed by atoms with Gasteiger partial charge in [-0.2, -0.15) is 0 Å². The maximum atomic E-state index is 14.7. The highest BCUT2D eigenvalue weighted by molar-refractivity contribution is 6.10. The first-order valence-electron chi connectivity index (χ1n) is 20.3. The summed E-state index contributed by atoms with van der Waals surface area (Å²) in [4.78, 5) is 30.6. The summed E-state index contributed by atoms with van der Waals surface area (Å²) < 4.78 is 40.5. The maximum Gasteiger partial charge on any atom is 0.410 e. The topological polar surface area (TPSA) is 96.3 Å². The van der Waals surface area contributed by atoms with Gasteiger partial charge in [0.2, 0.25) is 0 Å². The zero-order valence-corrected chi connectivity index (χ0v) is 32.6. The van der Waals surface area contributed by atoms with Crippen LogP contribution >= 0.6 is 0 Å². The SMILES string of the molecule is COCCCN(C[C@]1(O)CC[C@H]2[C@]34C=C[C@@]5(C=C3C(=O)c3ccc(F)c(F)c3)CC(O)CC[C@]5(C)[C@H]4CC[C@@]21C)C(=O)O[C@H]1C[C@@H](C)CC[C@@H]1C(C)C. The zero-order valence-electron chi connectivity index (χ0n) is 32.6. The summed E-state index contributed by atoms with van der Waals surface area (Å²) in [5.41, 5.74) is -2.81. The van der Waals surface area contributed by atoms with Crippen LogP contribution in [0.15, 0.2) is 42.0 Å². The van der Waals surface area contributed by atoms with Crippen molar-refractivity contribution >= 4 is 11.9 Å². The minimum atomic E-state index is -1.26. The van der Waals surface area contributed by atoms with Crippen molar-refractivity contribution in [2.45, 2.75) is 123 Å². The van der Waals surface area contributed by atoms with Crippen LogP contribution in [0, 0.1) is 62.9 Å². The molecule has 1 amide bonds. The molecule has 0 aliphatic heterocycles. The number of hydrogen-bond donors (Lipinski definition) is 2. The Morgan fingerprint density at radius 1 is 0.981 bits per heavy atom. The number of fused-ring (bicyclic) bond motifs is 1. The second kappa shape index (κ2) is 13.8. The van der Waals surface area contributed by atoms with E-state index in [0.29, 0.717) is 69.1 Å². The van der Waals surface area contributed by atoms with E-state index in [0.717, 1.165) is 44.2 Å². The van der Waals surface area contributed by atoms with Gasteiger partial charge in [-0.25, -0.2) is 13.6 Å². The molecule has 9 heteroatoms. The van der Waals surface area contributed by atoms with Crippen LogP contribution < -0.4 is 0 Å². The molecule has 7 aliphatic carbocycles. The van der Waals surface area contributed by atoms with Crippen molar-refractivity contribution in [3.8, 4) is 0 Å². The average Bonchev–Trinajstić information content (AvgIpc) is 3.38. The largest absolute Gasteiger partial charge is 0.446 e. The number of aliphatic hydroxyl groups excluding tert-OH is 1. The van der Waals surface area contributed by atoms with Crippen LogP contribution in [0.1, 0.15) is 116 Å². The lowest BCUT2D eigenvalue weighted by atomic mass is 9.32. The van der Waals surface area contributed by atoms with Crippen LogP contribution in [-0.2, 0) is 9.47 Å². The summed E-state index contributed by atoms with van der Waals surface area (Å²) in [6.45, 7) is 12.0. The van der Waals surface area contributed by atoms with Gasteiger partial charge < -0.3 is 24.6 Å². The number of carbonyl (C=O) groups is 2. The molecule has 4 saturated carbocycles. The molecule has 0 heterocycles. The smallest absolute Gasteiger partial charge is 0.410 e. The van der Waals surface area contributed by atoms with Crippen molar-refractivity contribution in [2.75, 3.05) is 26.8 Å². The van der Waals surface area contributed by atoms with Crippen LogP contribution in [-0.4, -0.2) is 71.6 Å². The third-order valence-corrected chi connectivity index (χ3v) is 15.8. The molecule has 2 spiro atoms. The van der Waals surface area contributed by atoms with E-state index in [2.05, 4.69) is 52.8 Å². The van der Waals surface area contributed by atoms with Crippen molar-refractivity contribution in [3.63, 3.8) is 0 Å². The molecular formula is C44H61F2NO6. The van der Waals surface area contributed by atoms with E-state index in [1.54, 1.807) is 12.0 Å². The number of hydrogen-bond acceptors (Lipinski definition) is 6. The minimum absolute atomic E-state index is 0.0474. The summed E-state index contributed by atoms with van der Waals surface area (Å²) in [6.07, 6.45) is 13.6. The van der Waals surface area contributed by atoms with Crippen molar-refractivity contribution in [2.24, 2.45) is 51.2 Å². The Morgan fingerprint density at radius 3 is 2.42 bits per heavy atom. The first-order chi connectivity index (χ1) is 25.0. The molecule has 7 aliphatic rings. The molecule has 2 bridgehead atoms. The third-order valence-electron chi connectivity index (χ3n) is 15.8.